The van der Waals surface area contributed by atoms with Crippen molar-refractivity contribution < 1.29 is 13.9 Å². The zero-order chi connectivity index (χ0) is 19.5. The van der Waals surface area contributed by atoms with Crippen LogP contribution in [-0.2, 0) is 12.8 Å². The van der Waals surface area contributed by atoms with Crippen molar-refractivity contribution in [2.75, 3.05) is 13.2 Å². The molecule has 1 aromatic heterocycles. The maximum absolute atomic E-state index is 13.4. The molecule has 6 heteroatoms. The van der Waals surface area contributed by atoms with Crippen molar-refractivity contribution in [1.82, 2.24) is 15.1 Å². The van der Waals surface area contributed by atoms with Crippen molar-refractivity contribution in [2.45, 2.75) is 26.2 Å². The number of hydrogen-bond acceptors (Lipinski definition) is 3. The van der Waals surface area contributed by atoms with Crippen LogP contribution in [0.4, 0.5) is 4.39 Å². The van der Waals surface area contributed by atoms with Crippen molar-refractivity contribution in [2.24, 2.45) is 0 Å². The summed E-state index contributed by atoms with van der Waals surface area (Å²) in [6, 6.07) is 12.3. The van der Waals surface area contributed by atoms with E-state index in [-0.39, 0.29) is 11.7 Å². The number of halogens is 1. The number of nitrogens with zero attached hydrogens (tertiary/aromatic N) is 2. The number of amides is 1. The van der Waals surface area contributed by atoms with Gasteiger partial charge in [0.1, 0.15) is 18.2 Å². The van der Waals surface area contributed by atoms with Gasteiger partial charge in [-0.1, -0.05) is 12.1 Å². The predicted octanol–water partition coefficient (Wildman–Crippen LogP) is 3.62. The van der Waals surface area contributed by atoms with Crippen LogP contribution in [0.2, 0.25) is 0 Å². The molecule has 3 aromatic rings. The van der Waals surface area contributed by atoms with Gasteiger partial charge in [0.05, 0.1) is 23.5 Å². The zero-order valence-electron chi connectivity index (χ0n) is 15.7. The first-order chi connectivity index (χ1) is 13.6. The topological polar surface area (TPSA) is 56.2 Å². The number of nitrogens with one attached hydrogen (secondary N) is 1. The Morgan fingerprint density at radius 2 is 2.07 bits per heavy atom. The predicted molar refractivity (Wildman–Crippen MR) is 105 cm³/mol. The van der Waals surface area contributed by atoms with Gasteiger partial charge in [-0.15, -0.1) is 0 Å². The molecule has 1 amide bonds. The van der Waals surface area contributed by atoms with Crippen LogP contribution in [0.3, 0.4) is 0 Å². The average Bonchev–Trinajstić information content (AvgIpc) is 3.31. The fourth-order valence-electron chi connectivity index (χ4n) is 3.50. The monoisotopic (exact) mass is 379 g/mol. The van der Waals surface area contributed by atoms with Crippen LogP contribution in [0.25, 0.3) is 5.69 Å². The molecule has 144 valence electrons. The second-order valence-corrected chi connectivity index (χ2v) is 6.94. The fraction of sp³-hybridized carbons (Fsp3) is 0.273. The normalized spacial score (nSPS) is 12.6. The minimum absolute atomic E-state index is 0.224. The van der Waals surface area contributed by atoms with Crippen molar-refractivity contribution in [1.29, 1.82) is 0 Å². The Hall–Kier alpha value is -3.15. The second kappa shape index (κ2) is 7.84. The Kier molecular flexibility index (Phi) is 5.10. The lowest BCUT2D eigenvalue weighted by atomic mass is 10.1. The third-order valence-electron chi connectivity index (χ3n) is 4.94. The molecule has 0 spiro atoms. The van der Waals surface area contributed by atoms with Gasteiger partial charge in [0.2, 0.25) is 0 Å². The van der Waals surface area contributed by atoms with Crippen LogP contribution in [0.5, 0.6) is 5.75 Å². The highest BCUT2D eigenvalue weighted by Crippen LogP contribution is 2.25. The van der Waals surface area contributed by atoms with Crippen LogP contribution in [0, 0.1) is 12.7 Å². The van der Waals surface area contributed by atoms with E-state index in [1.54, 1.807) is 25.3 Å². The van der Waals surface area contributed by atoms with Crippen LogP contribution in [-0.4, -0.2) is 28.8 Å². The molecule has 0 aliphatic heterocycles. The minimum Gasteiger partial charge on any atom is -0.492 e. The van der Waals surface area contributed by atoms with E-state index >= 15 is 0 Å². The Morgan fingerprint density at radius 3 is 2.93 bits per heavy atom. The average molecular weight is 379 g/mol. The van der Waals surface area contributed by atoms with Gasteiger partial charge in [0, 0.05) is 6.20 Å². The highest BCUT2D eigenvalue weighted by atomic mass is 19.1. The van der Waals surface area contributed by atoms with Gasteiger partial charge in [-0.3, -0.25) is 4.79 Å². The van der Waals surface area contributed by atoms with E-state index < -0.39 is 0 Å². The van der Waals surface area contributed by atoms with Gasteiger partial charge in [-0.2, -0.15) is 5.10 Å². The second-order valence-electron chi connectivity index (χ2n) is 6.94. The van der Waals surface area contributed by atoms with Gasteiger partial charge in [-0.05, 0) is 67.6 Å². The quantitative estimate of drug-likeness (QED) is 0.666. The highest BCUT2D eigenvalue weighted by molar-refractivity contribution is 5.95. The van der Waals surface area contributed by atoms with E-state index in [9.17, 15) is 9.18 Å². The standard InChI is InChI=1S/C22H22FN3O2/c1-15-21(14-26(25-15)19-7-3-6-18(23)13-19)22(27)24-10-11-28-20-9-8-16-4-2-5-17(16)12-20/h3,6-9,12-14H,2,4-5,10-11H2,1H3,(H,24,27). The number of rotatable bonds is 6. The number of carbonyl (C=O) groups excluding carboxylic acids is 1. The molecule has 1 heterocycles. The molecule has 0 unspecified atom stereocenters. The van der Waals surface area contributed by atoms with Crippen molar-refractivity contribution in [3.63, 3.8) is 0 Å². The summed E-state index contributed by atoms with van der Waals surface area (Å²) < 4.78 is 20.7. The molecule has 4 rings (SSSR count). The molecule has 0 saturated carbocycles. The Morgan fingerprint density at radius 1 is 1.21 bits per heavy atom. The fourth-order valence-corrected chi connectivity index (χ4v) is 3.50. The molecular formula is C22H22FN3O2. The molecular weight excluding hydrogens is 357 g/mol. The summed E-state index contributed by atoms with van der Waals surface area (Å²) in [6.07, 6.45) is 5.07. The molecule has 28 heavy (non-hydrogen) atoms. The number of hydrogen-bond donors (Lipinski definition) is 1. The molecule has 0 atom stereocenters. The van der Waals surface area contributed by atoms with Gasteiger partial charge in [0.25, 0.3) is 5.91 Å². The number of benzene rings is 2. The van der Waals surface area contributed by atoms with E-state index in [1.165, 1.54) is 34.4 Å². The highest BCUT2D eigenvalue weighted by Gasteiger charge is 2.14. The van der Waals surface area contributed by atoms with Gasteiger partial charge in [-0.25, -0.2) is 9.07 Å². The Balaban J connectivity index is 1.33. The third kappa shape index (κ3) is 3.91. The summed E-state index contributed by atoms with van der Waals surface area (Å²) in [7, 11) is 0. The zero-order valence-corrected chi connectivity index (χ0v) is 15.7. The number of ether oxygens (including phenoxy) is 1. The Bertz CT molecular complexity index is 1010. The number of aryl methyl sites for hydroxylation is 3. The van der Waals surface area contributed by atoms with Gasteiger partial charge < -0.3 is 10.1 Å². The molecule has 1 aliphatic carbocycles. The first-order valence-corrected chi connectivity index (χ1v) is 9.45. The summed E-state index contributed by atoms with van der Waals surface area (Å²) in [5.74, 6) is 0.267. The molecule has 0 fully saturated rings. The van der Waals surface area contributed by atoms with E-state index in [4.69, 9.17) is 4.74 Å². The molecule has 1 N–H and O–H groups in total. The van der Waals surface area contributed by atoms with Gasteiger partial charge >= 0.3 is 0 Å². The molecule has 0 radical (unpaired) electrons. The summed E-state index contributed by atoms with van der Waals surface area (Å²) in [5.41, 5.74) is 4.39. The smallest absolute Gasteiger partial charge is 0.254 e. The molecule has 1 aliphatic rings. The Labute approximate surface area is 163 Å². The van der Waals surface area contributed by atoms with Crippen LogP contribution in [0.15, 0.2) is 48.7 Å². The largest absolute Gasteiger partial charge is 0.492 e. The SMILES string of the molecule is Cc1nn(-c2cccc(F)c2)cc1C(=O)NCCOc1ccc2c(c1)CCC2. The summed E-state index contributed by atoms with van der Waals surface area (Å²) in [6.45, 7) is 2.54. The van der Waals surface area contributed by atoms with E-state index in [1.807, 2.05) is 6.07 Å². The molecule has 2 aromatic carbocycles. The minimum atomic E-state index is -0.347. The summed E-state index contributed by atoms with van der Waals surface area (Å²) >= 11 is 0. The van der Waals surface area contributed by atoms with Crippen molar-refractivity contribution in [3.05, 3.63) is 76.9 Å². The maximum Gasteiger partial charge on any atom is 0.254 e. The molecule has 0 bridgehead atoms. The number of carbonyl (C=O) groups is 1. The van der Waals surface area contributed by atoms with Gasteiger partial charge in [0.15, 0.2) is 0 Å². The first kappa shape index (κ1) is 18.2. The number of fused-ring (bicyclic) bond motifs is 1. The van der Waals surface area contributed by atoms with Crippen LogP contribution < -0.4 is 10.1 Å². The maximum atomic E-state index is 13.4. The molecule has 5 nitrogen and oxygen atoms in total. The lowest BCUT2D eigenvalue weighted by Gasteiger charge is -2.09. The molecule has 0 saturated heterocycles. The summed E-state index contributed by atoms with van der Waals surface area (Å²) in [5, 5.41) is 7.16. The van der Waals surface area contributed by atoms with E-state index in [0.717, 1.165) is 18.6 Å². The summed E-state index contributed by atoms with van der Waals surface area (Å²) in [4.78, 5) is 12.4. The van der Waals surface area contributed by atoms with Crippen molar-refractivity contribution in [3.8, 4) is 11.4 Å². The number of aromatic nitrogens is 2. The van der Waals surface area contributed by atoms with Crippen LogP contribution >= 0.6 is 0 Å². The van der Waals surface area contributed by atoms with Crippen molar-refractivity contribution >= 4 is 5.91 Å². The third-order valence-corrected chi connectivity index (χ3v) is 4.94. The lowest BCUT2D eigenvalue weighted by Crippen LogP contribution is -2.28. The van der Waals surface area contributed by atoms with E-state index in [2.05, 4.69) is 22.5 Å². The van der Waals surface area contributed by atoms with E-state index in [0.29, 0.717) is 30.1 Å². The lowest BCUT2D eigenvalue weighted by molar-refractivity contribution is 0.0946. The first-order valence-electron chi connectivity index (χ1n) is 9.45. The van der Waals surface area contributed by atoms with Crippen LogP contribution in [0.1, 0.15) is 33.6 Å².